The molecule has 1 aromatic heterocycles. The summed E-state index contributed by atoms with van der Waals surface area (Å²) >= 11 is 0. The monoisotopic (exact) mass is 257 g/mol. The molecule has 0 aliphatic carbocycles. The summed E-state index contributed by atoms with van der Waals surface area (Å²) in [6.45, 7) is 5.77. The van der Waals surface area contributed by atoms with Crippen molar-refractivity contribution in [1.82, 2.24) is 10.2 Å². The number of aryl methyl sites for hydroxylation is 1. The second-order valence-electron chi connectivity index (χ2n) is 5.44. The van der Waals surface area contributed by atoms with Crippen LogP contribution >= 0.6 is 0 Å². The average Bonchev–Trinajstić information content (AvgIpc) is 2.86. The van der Waals surface area contributed by atoms with E-state index in [1.165, 1.54) is 0 Å². The van der Waals surface area contributed by atoms with E-state index in [4.69, 9.17) is 4.74 Å². The maximum Gasteiger partial charge on any atom is 0.156 e. The summed E-state index contributed by atoms with van der Waals surface area (Å²) < 4.78 is 5.79. The zero-order valence-electron chi connectivity index (χ0n) is 11.4. The molecule has 2 aromatic rings. The molecule has 0 radical (unpaired) electrons. The van der Waals surface area contributed by atoms with Gasteiger partial charge in [-0.3, -0.25) is 0 Å². The predicted octanol–water partition coefficient (Wildman–Crippen LogP) is 2.92. The maximum atomic E-state index is 5.79. The topological polar surface area (TPSA) is 47.0 Å². The van der Waals surface area contributed by atoms with Crippen molar-refractivity contribution in [3.8, 4) is 0 Å². The lowest BCUT2D eigenvalue weighted by Crippen LogP contribution is -2.32. The summed E-state index contributed by atoms with van der Waals surface area (Å²) in [5.74, 6) is 0.845. The lowest BCUT2D eigenvalue weighted by Gasteiger charge is -2.23. The first-order chi connectivity index (χ1) is 9.18. The van der Waals surface area contributed by atoms with Crippen LogP contribution in [0.5, 0.6) is 0 Å². The number of nitrogens with zero attached hydrogens (tertiary/aromatic N) is 2. The Balaban J connectivity index is 1.87. The summed E-state index contributed by atoms with van der Waals surface area (Å²) in [7, 11) is 0. The molecule has 1 atom stereocenters. The highest BCUT2D eigenvalue weighted by Gasteiger charge is 2.29. The van der Waals surface area contributed by atoms with Gasteiger partial charge in [0.15, 0.2) is 5.82 Å². The molecule has 100 valence electrons. The quantitative estimate of drug-likeness (QED) is 0.918. The van der Waals surface area contributed by atoms with Gasteiger partial charge in [-0.05, 0) is 26.7 Å². The van der Waals surface area contributed by atoms with Gasteiger partial charge in [0.05, 0.1) is 11.3 Å². The minimum atomic E-state index is -0.0757. The number of fused-ring (bicyclic) bond motifs is 1. The van der Waals surface area contributed by atoms with E-state index in [0.29, 0.717) is 0 Å². The lowest BCUT2D eigenvalue weighted by atomic mass is 10.0. The molecule has 19 heavy (non-hydrogen) atoms. The number of rotatable bonds is 3. The molecule has 0 saturated carbocycles. The highest BCUT2D eigenvalue weighted by atomic mass is 16.5. The van der Waals surface area contributed by atoms with Crippen molar-refractivity contribution in [2.75, 3.05) is 18.5 Å². The van der Waals surface area contributed by atoms with Crippen molar-refractivity contribution >= 4 is 16.6 Å². The van der Waals surface area contributed by atoms with Crippen LogP contribution in [0.4, 0.5) is 5.82 Å². The van der Waals surface area contributed by atoms with Crippen molar-refractivity contribution in [3.63, 3.8) is 0 Å². The SMILES string of the molecule is Cc1nnc(NCC2(C)CCCO2)c2ccccc12. The number of aromatic nitrogens is 2. The molecule has 1 N–H and O–H groups in total. The lowest BCUT2D eigenvalue weighted by molar-refractivity contribution is 0.0315. The number of nitrogens with one attached hydrogen (secondary N) is 1. The summed E-state index contributed by atoms with van der Waals surface area (Å²) in [5, 5.41) is 14.2. The van der Waals surface area contributed by atoms with Crippen LogP contribution in [0.15, 0.2) is 24.3 Å². The number of anilines is 1. The van der Waals surface area contributed by atoms with Crippen molar-refractivity contribution in [2.24, 2.45) is 0 Å². The molecule has 2 heterocycles. The maximum absolute atomic E-state index is 5.79. The summed E-state index contributed by atoms with van der Waals surface area (Å²) in [6, 6.07) is 8.22. The van der Waals surface area contributed by atoms with E-state index in [-0.39, 0.29) is 5.60 Å². The molecular weight excluding hydrogens is 238 g/mol. The molecule has 4 heteroatoms. The zero-order chi connectivity index (χ0) is 13.3. The number of benzene rings is 1. The van der Waals surface area contributed by atoms with E-state index >= 15 is 0 Å². The van der Waals surface area contributed by atoms with Gasteiger partial charge in [0, 0.05) is 23.9 Å². The van der Waals surface area contributed by atoms with Gasteiger partial charge in [-0.25, -0.2) is 0 Å². The summed E-state index contributed by atoms with van der Waals surface area (Å²) in [5.41, 5.74) is 0.887. The van der Waals surface area contributed by atoms with E-state index in [9.17, 15) is 0 Å². The summed E-state index contributed by atoms with van der Waals surface area (Å²) in [6.07, 6.45) is 2.23. The Kier molecular flexibility index (Phi) is 3.11. The second kappa shape index (κ2) is 4.78. The smallest absolute Gasteiger partial charge is 0.156 e. The first-order valence-electron chi connectivity index (χ1n) is 6.78. The fourth-order valence-electron chi connectivity index (χ4n) is 2.62. The standard InChI is InChI=1S/C15H19N3O/c1-11-12-6-3-4-7-13(12)14(18-17-11)16-10-15(2)8-5-9-19-15/h3-4,6-7H,5,8-10H2,1-2H3,(H,16,18). The molecule has 0 spiro atoms. The molecule has 0 bridgehead atoms. The summed E-state index contributed by atoms with van der Waals surface area (Å²) in [4.78, 5) is 0. The van der Waals surface area contributed by atoms with E-state index in [0.717, 1.165) is 48.3 Å². The second-order valence-corrected chi connectivity index (χ2v) is 5.44. The fraction of sp³-hybridized carbons (Fsp3) is 0.467. The molecular formula is C15H19N3O. The zero-order valence-corrected chi connectivity index (χ0v) is 11.4. The van der Waals surface area contributed by atoms with Gasteiger partial charge in [0.2, 0.25) is 0 Å². The van der Waals surface area contributed by atoms with Crippen LogP contribution in [0.3, 0.4) is 0 Å². The van der Waals surface area contributed by atoms with Crippen LogP contribution in [0, 0.1) is 6.92 Å². The number of hydrogen-bond acceptors (Lipinski definition) is 4. The Bertz CT molecular complexity index is 591. The fourth-order valence-corrected chi connectivity index (χ4v) is 2.62. The van der Waals surface area contributed by atoms with Crippen molar-refractivity contribution in [2.45, 2.75) is 32.3 Å². The van der Waals surface area contributed by atoms with Crippen molar-refractivity contribution in [1.29, 1.82) is 0 Å². The minimum Gasteiger partial charge on any atom is -0.373 e. The van der Waals surface area contributed by atoms with Gasteiger partial charge in [0.1, 0.15) is 0 Å². The molecule has 1 saturated heterocycles. The van der Waals surface area contributed by atoms with E-state index < -0.39 is 0 Å². The minimum absolute atomic E-state index is 0.0757. The highest BCUT2D eigenvalue weighted by Crippen LogP contribution is 2.27. The third-order valence-corrected chi connectivity index (χ3v) is 3.80. The van der Waals surface area contributed by atoms with Crippen LogP contribution in [0.1, 0.15) is 25.5 Å². The largest absolute Gasteiger partial charge is 0.373 e. The van der Waals surface area contributed by atoms with E-state index in [2.05, 4.69) is 34.6 Å². The molecule has 1 aliphatic heterocycles. The van der Waals surface area contributed by atoms with Gasteiger partial charge in [0.25, 0.3) is 0 Å². The van der Waals surface area contributed by atoms with E-state index in [1.807, 2.05) is 19.1 Å². The predicted molar refractivity (Wildman–Crippen MR) is 76.4 cm³/mol. The van der Waals surface area contributed by atoms with Crippen LogP contribution in [-0.2, 0) is 4.74 Å². The number of hydrogen-bond donors (Lipinski definition) is 1. The number of ether oxygens (including phenoxy) is 1. The highest BCUT2D eigenvalue weighted by molar-refractivity contribution is 5.92. The normalized spacial score (nSPS) is 22.8. The Morgan fingerprint density at radius 2 is 2.05 bits per heavy atom. The molecule has 0 amide bonds. The van der Waals surface area contributed by atoms with Crippen molar-refractivity contribution in [3.05, 3.63) is 30.0 Å². The molecule has 3 rings (SSSR count). The van der Waals surface area contributed by atoms with Crippen LogP contribution in [0.25, 0.3) is 10.8 Å². The van der Waals surface area contributed by atoms with Gasteiger partial charge in [-0.2, -0.15) is 5.10 Å². The van der Waals surface area contributed by atoms with Gasteiger partial charge in [-0.1, -0.05) is 24.3 Å². The molecule has 1 fully saturated rings. The Morgan fingerprint density at radius 3 is 2.79 bits per heavy atom. The Labute approximate surface area is 113 Å². The molecule has 4 nitrogen and oxygen atoms in total. The van der Waals surface area contributed by atoms with E-state index in [1.54, 1.807) is 0 Å². The van der Waals surface area contributed by atoms with Crippen molar-refractivity contribution < 1.29 is 4.74 Å². The molecule has 1 unspecified atom stereocenters. The van der Waals surface area contributed by atoms with Crippen LogP contribution in [-0.4, -0.2) is 29.0 Å². The third kappa shape index (κ3) is 2.40. The molecule has 1 aromatic carbocycles. The Hall–Kier alpha value is -1.68. The van der Waals surface area contributed by atoms with Crippen LogP contribution in [0.2, 0.25) is 0 Å². The average molecular weight is 257 g/mol. The van der Waals surface area contributed by atoms with Gasteiger partial charge >= 0.3 is 0 Å². The third-order valence-electron chi connectivity index (χ3n) is 3.80. The van der Waals surface area contributed by atoms with Gasteiger partial charge < -0.3 is 10.1 Å². The Morgan fingerprint density at radius 1 is 1.26 bits per heavy atom. The first kappa shape index (κ1) is 12.4. The van der Waals surface area contributed by atoms with Crippen LogP contribution < -0.4 is 5.32 Å². The molecule has 1 aliphatic rings. The first-order valence-corrected chi connectivity index (χ1v) is 6.78. The van der Waals surface area contributed by atoms with Gasteiger partial charge in [-0.15, -0.1) is 5.10 Å².